The number of hydrogen-bond donors (Lipinski definition) is 4. The lowest BCUT2D eigenvalue weighted by Crippen LogP contribution is -2.51. The Labute approximate surface area is 558 Å². The van der Waals surface area contributed by atoms with Crippen molar-refractivity contribution < 1.29 is 78.2 Å². The molecule has 8 aromatic carbocycles. The SMILES string of the molecule is CCC(C)(C)Sc1ccc(Sc2ccc(Sc3ccc(S(=O)(=O)c4ccc(C(C)(CC)C(C)(CC)Oc5ccc(-c6ccc(Oc7ccc(S(=O)(=O)c8ccc(C(C)(C)CC)c(S(=O)(=O)O)c8)cc7S(=O)(=O)O)cc6)cc5)c(S(=O)(=O)O)c4)cc3S(=O)(=O)O)cc2)cc1. The molecule has 0 amide bonds. The van der Waals surface area contributed by atoms with Gasteiger partial charge in [-0.05, 0) is 194 Å². The maximum atomic E-state index is 14.4. The average molecular weight is 1440 g/mol. The first-order chi connectivity index (χ1) is 43.1. The van der Waals surface area contributed by atoms with E-state index in [0.29, 0.717) is 34.3 Å². The van der Waals surface area contributed by atoms with Gasteiger partial charge in [0, 0.05) is 34.6 Å². The standard InChI is InChI=1S/C66H70O18S9/c1-11-63(5,6)55-35-31-51(39-59(55)90(71,72)73)88(67,68)53-33-37-57(61(41-53)92(77,78)79)83-45-19-15-43(16-20-45)44-17-21-46(22-18-44)84-66(10,14-4)65(9,13-3)56-36-32-52(40-60(56)91(74,75)76)89(69,70)54-34-38-58(62(42-54)93(80,81)82)86-49-25-23-47(24-26-49)85-48-27-29-50(30-28-48)87-64(7,8)12-2/h15-42H,11-14H2,1-10H3,(H,71,72,73)(H,74,75,76)(H,77,78,79)(H,80,81,82). The summed E-state index contributed by atoms with van der Waals surface area (Å²) in [5, 5.41) is 0. The molecule has 0 aliphatic carbocycles. The van der Waals surface area contributed by atoms with Crippen LogP contribution >= 0.6 is 35.3 Å². The molecular weight excluding hydrogens is 1370 g/mol. The number of rotatable bonds is 26. The molecule has 8 rings (SSSR count). The smallest absolute Gasteiger partial charge is 0.298 e. The normalized spacial score (nSPS) is 14.3. The Hall–Kier alpha value is -6.05. The minimum absolute atomic E-state index is 0.0175. The molecule has 0 aliphatic rings. The molecule has 2 unspecified atom stereocenters. The molecule has 496 valence electrons. The zero-order valence-electron chi connectivity index (χ0n) is 52.2. The van der Waals surface area contributed by atoms with Gasteiger partial charge in [0.05, 0.1) is 29.4 Å². The lowest BCUT2D eigenvalue weighted by molar-refractivity contribution is 0.00171. The highest BCUT2D eigenvalue weighted by atomic mass is 32.2. The van der Waals surface area contributed by atoms with Gasteiger partial charge in [0.15, 0.2) is 0 Å². The second-order valence-corrected chi connectivity index (χ2v) is 37.1. The first-order valence-corrected chi connectivity index (χ1v) is 40.1. The molecular formula is C66H70O18S9. The second kappa shape index (κ2) is 27.2. The third-order valence-electron chi connectivity index (χ3n) is 16.8. The van der Waals surface area contributed by atoms with Gasteiger partial charge in [-0.15, -0.1) is 11.8 Å². The van der Waals surface area contributed by atoms with E-state index in [1.54, 1.807) is 102 Å². The van der Waals surface area contributed by atoms with Crippen LogP contribution in [0, 0.1) is 0 Å². The fourth-order valence-corrected chi connectivity index (χ4v) is 19.2. The third kappa shape index (κ3) is 16.3. The van der Waals surface area contributed by atoms with E-state index < -0.39 is 121 Å². The quantitative estimate of drug-likeness (QED) is 0.0289. The van der Waals surface area contributed by atoms with Crippen molar-refractivity contribution in [2.75, 3.05) is 0 Å². The molecule has 0 fully saturated rings. The molecule has 0 saturated heterocycles. The van der Waals surface area contributed by atoms with Crippen LogP contribution in [0.3, 0.4) is 0 Å². The van der Waals surface area contributed by atoms with Crippen LogP contribution in [0.15, 0.2) is 233 Å². The van der Waals surface area contributed by atoms with E-state index in [1.807, 2.05) is 31.2 Å². The topological polar surface area (TPSA) is 304 Å². The Morgan fingerprint density at radius 1 is 0.376 bits per heavy atom. The predicted molar refractivity (Wildman–Crippen MR) is 360 cm³/mol. The maximum Gasteiger partial charge on any atom is 0.298 e. The third-order valence-corrected chi connectivity index (χ3v) is 27.4. The number of hydrogen-bond acceptors (Lipinski definition) is 17. The van der Waals surface area contributed by atoms with Gasteiger partial charge in [-0.1, -0.05) is 122 Å². The van der Waals surface area contributed by atoms with Crippen molar-refractivity contribution in [2.45, 2.75) is 180 Å². The number of sulfone groups is 2. The molecule has 0 bridgehead atoms. The van der Waals surface area contributed by atoms with Crippen LogP contribution in [0.25, 0.3) is 11.1 Å². The molecule has 0 radical (unpaired) electrons. The Bertz CT molecular complexity index is 4850. The van der Waals surface area contributed by atoms with Gasteiger partial charge >= 0.3 is 0 Å². The molecule has 27 heteroatoms. The number of thioether (sulfide) groups is 1. The van der Waals surface area contributed by atoms with E-state index in [9.17, 15) is 68.7 Å². The first-order valence-electron chi connectivity index (χ1n) is 28.9. The van der Waals surface area contributed by atoms with Crippen molar-refractivity contribution in [3.63, 3.8) is 0 Å². The molecule has 0 aromatic heterocycles. The Balaban J connectivity index is 0.992. The molecule has 8 aromatic rings. The monoisotopic (exact) mass is 1440 g/mol. The molecule has 0 heterocycles. The summed E-state index contributed by atoms with van der Waals surface area (Å²) in [7, 11) is -29.7. The van der Waals surface area contributed by atoms with Crippen molar-refractivity contribution >= 4 is 95.4 Å². The highest BCUT2D eigenvalue weighted by molar-refractivity contribution is 8.01. The second-order valence-electron chi connectivity index (χ2n) is 23.6. The van der Waals surface area contributed by atoms with Gasteiger partial charge in [0.1, 0.15) is 32.6 Å². The van der Waals surface area contributed by atoms with Gasteiger partial charge in [-0.2, -0.15) is 33.7 Å². The van der Waals surface area contributed by atoms with Crippen molar-refractivity contribution in [1.82, 2.24) is 0 Å². The van der Waals surface area contributed by atoms with Crippen molar-refractivity contribution in [1.29, 1.82) is 0 Å². The number of ether oxygens (including phenoxy) is 2. The lowest BCUT2D eigenvalue weighted by Gasteiger charge is -2.46. The first kappa shape index (κ1) is 72.8. The summed E-state index contributed by atoms with van der Waals surface area (Å²) >= 11 is 4.32. The number of benzene rings is 8. The van der Waals surface area contributed by atoms with E-state index >= 15 is 0 Å². The summed E-state index contributed by atoms with van der Waals surface area (Å²) in [5.41, 5.74) is -1.84. The Morgan fingerprint density at radius 2 is 0.763 bits per heavy atom. The zero-order chi connectivity index (χ0) is 68.7. The lowest BCUT2D eigenvalue weighted by atomic mass is 9.66. The van der Waals surface area contributed by atoms with E-state index in [4.69, 9.17) is 9.47 Å². The summed E-state index contributed by atoms with van der Waals surface area (Å²) in [6.07, 6.45) is 1.90. The molecule has 93 heavy (non-hydrogen) atoms. The van der Waals surface area contributed by atoms with Crippen LogP contribution in [-0.4, -0.2) is 79.1 Å². The Morgan fingerprint density at radius 3 is 1.19 bits per heavy atom. The summed E-state index contributed by atoms with van der Waals surface area (Å²) in [4.78, 5) is -1.68. The van der Waals surface area contributed by atoms with E-state index in [2.05, 4.69) is 32.9 Å². The molecule has 0 saturated carbocycles. The minimum Gasteiger partial charge on any atom is -0.487 e. The summed E-state index contributed by atoms with van der Waals surface area (Å²) < 4.78 is 214. The van der Waals surface area contributed by atoms with Gasteiger partial charge in [0.2, 0.25) is 19.7 Å². The van der Waals surface area contributed by atoms with E-state index in [0.717, 1.165) is 81.4 Å². The fraction of sp³-hybridized carbons (Fsp3) is 0.273. The van der Waals surface area contributed by atoms with Crippen LogP contribution in [0.2, 0.25) is 0 Å². The fourth-order valence-electron chi connectivity index (χ4n) is 10.2. The van der Waals surface area contributed by atoms with E-state index in [-0.39, 0.29) is 39.4 Å². The summed E-state index contributed by atoms with van der Waals surface area (Å²) in [5.74, 6) is -0.0349. The van der Waals surface area contributed by atoms with Crippen LogP contribution < -0.4 is 9.47 Å². The summed E-state index contributed by atoms with van der Waals surface area (Å²) in [6, 6.07) is 40.8. The highest BCUT2D eigenvalue weighted by Gasteiger charge is 2.48. The molecule has 0 spiro atoms. The van der Waals surface area contributed by atoms with Gasteiger partial charge in [-0.25, -0.2) is 16.8 Å². The molecule has 0 aliphatic heterocycles. The van der Waals surface area contributed by atoms with Gasteiger partial charge in [0.25, 0.3) is 40.5 Å². The van der Waals surface area contributed by atoms with Crippen molar-refractivity contribution in [3.05, 3.63) is 181 Å². The Kier molecular flexibility index (Phi) is 21.3. The van der Waals surface area contributed by atoms with Gasteiger partial charge < -0.3 is 9.47 Å². The van der Waals surface area contributed by atoms with Gasteiger partial charge in [-0.3, -0.25) is 18.2 Å². The van der Waals surface area contributed by atoms with Crippen molar-refractivity contribution in [3.8, 4) is 28.4 Å². The largest absolute Gasteiger partial charge is 0.487 e. The van der Waals surface area contributed by atoms with Crippen LogP contribution in [0.5, 0.6) is 17.2 Å². The maximum absolute atomic E-state index is 14.4. The van der Waals surface area contributed by atoms with Crippen LogP contribution in [-0.2, 0) is 71.0 Å². The predicted octanol–water partition coefficient (Wildman–Crippen LogP) is 16.0. The molecule has 4 N–H and O–H groups in total. The molecule has 2 atom stereocenters. The zero-order valence-corrected chi connectivity index (χ0v) is 59.5. The van der Waals surface area contributed by atoms with Crippen LogP contribution in [0.1, 0.15) is 106 Å². The summed E-state index contributed by atoms with van der Waals surface area (Å²) in [6.45, 7) is 18.8. The average Bonchev–Trinajstić information content (AvgIpc) is 0.743. The highest BCUT2D eigenvalue weighted by Crippen LogP contribution is 2.48. The minimum atomic E-state index is -5.18. The van der Waals surface area contributed by atoms with E-state index in [1.165, 1.54) is 42.1 Å². The molecule has 18 nitrogen and oxygen atoms in total. The van der Waals surface area contributed by atoms with Crippen LogP contribution in [0.4, 0.5) is 0 Å². The van der Waals surface area contributed by atoms with Crippen molar-refractivity contribution in [2.24, 2.45) is 0 Å².